The smallest absolute Gasteiger partial charge is 0.316 e. The van der Waals surface area contributed by atoms with Gasteiger partial charge in [0.15, 0.2) is 5.03 Å². The third kappa shape index (κ3) is 0.766. The summed E-state index contributed by atoms with van der Waals surface area (Å²) in [6, 6.07) is 0. The van der Waals surface area contributed by atoms with Crippen molar-refractivity contribution in [2.45, 2.75) is 0 Å². The molecule has 0 fully saturated rings. The molecule has 0 aromatic carbocycles. The SMILES string of the molecule is COC1=NC=C(N)S1(=O)=O. The van der Waals surface area contributed by atoms with Gasteiger partial charge in [-0.15, -0.1) is 0 Å². The first-order chi connectivity index (χ1) is 4.59. The molecule has 0 aromatic rings. The molecular formula is C4H6N2O3S. The highest BCUT2D eigenvalue weighted by Crippen LogP contribution is 2.11. The molecule has 0 saturated heterocycles. The maximum atomic E-state index is 10.9. The zero-order chi connectivity index (χ0) is 7.78. The molecule has 0 atom stereocenters. The monoisotopic (exact) mass is 162 g/mol. The Bertz CT molecular complexity index is 300. The first kappa shape index (κ1) is 7.07. The highest BCUT2D eigenvalue weighted by Gasteiger charge is 2.28. The Labute approximate surface area is 58.1 Å². The van der Waals surface area contributed by atoms with Crippen molar-refractivity contribution in [3.8, 4) is 0 Å². The van der Waals surface area contributed by atoms with E-state index in [4.69, 9.17) is 5.73 Å². The fraction of sp³-hybridized carbons (Fsp3) is 0.250. The van der Waals surface area contributed by atoms with Gasteiger partial charge in [0.2, 0.25) is 0 Å². The van der Waals surface area contributed by atoms with Crippen molar-refractivity contribution in [2.75, 3.05) is 7.11 Å². The number of aliphatic imine (C=N–C) groups is 1. The molecule has 1 rings (SSSR count). The summed E-state index contributed by atoms with van der Waals surface area (Å²) in [5, 5.41) is -0.616. The fourth-order valence-electron chi connectivity index (χ4n) is 0.518. The van der Waals surface area contributed by atoms with E-state index in [9.17, 15) is 8.42 Å². The van der Waals surface area contributed by atoms with Crippen LogP contribution in [0, 0.1) is 0 Å². The predicted octanol–water partition coefficient (Wildman–Crippen LogP) is -0.825. The van der Waals surface area contributed by atoms with Crippen LogP contribution in [0.2, 0.25) is 0 Å². The van der Waals surface area contributed by atoms with Gasteiger partial charge < -0.3 is 10.5 Å². The molecule has 0 aliphatic carbocycles. The average Bonchev–Trinajstić information content (AvgIpc) is 2.10. The van der Waals surface area contributed by atoms with Gasteiger partial charge >= 0.3 is 5.23 Å². The molecule has 6 heteroatoms. The molecule has 56 valence electrons. The molecule has 1 aliphatic heterocycles. The second-order valence-electron chi connectivity index (χ2n) is 1.63. The van der Waals surface area contributed by atoms with E-state index in [1.54, 1.807) is 0 Å². The molecule has 2 N–H and O–H groups in total. The Morgan fingerprint density at radius 1 is 1.70 bits per heavy atom. The number of methoxy groups -OCH3 is 1. The number of nitrogens with zero attached hydrogens (tertiary/aromatic N) is 1. The second kappa shape index (κ2) is 1.98. The van der Waals surface area contributed by atoms with Crippen LogP contribution < -0.4 is 5.73 Å². The Kier molecular flexibility index (Phi) is 1.40. The van der Waals surface area contributed by atoms with Gasteiger partial charge in [0.25, 0.3) is 9.84 Å². The quantitative estimate of drug-likeness (QED) is 0.504. The molecule has 0 unspecified atom stereocenters. The number of hydrogen-bond donors (Lipinski definition) is 1. The number of ether oxygens (including phenoxy) is 1. The van der Waals surface area contributed by atoms with E-state index < -0.39 is 9.84 Å². The summed E-state index contributed by atoms with van der Waals surface area (Å²) in [7, 11) is -2.32. The summed E-state index contributed by atoms with van der Waals surface area (Å²) in [5.41, 5.74) is 5.06. The predicted molar refractivity (Wildman–Crippen MR) is 35.6 cm³/mol. The first-order valence-electron chi connectivity index (χ1n) is 2.41. The zero-order valence-electron chi connectivity index (χ0n) is 5.23. The Hall–Kier alpha value is -1.04. The number of sulfone groups is 1. The van der Waals surface area contributed by atoms with Crippen molar-refractivity contribution in [1.82, 2.24) is 0 Å². The van der Waals surface area contributed by atoms with Crippen LogP contribution in [0.15, 0.2) is 16.2 Å². The number of rotatable bonds is 0. The summed E-state index contributed by atoms with van der Waals surface area (Å²) in [4.78, 5) is 3.41. The molecular weight excluding hydrogens is 156 g/mol. The van der Waals surface area contributed by atoms with Crippen LogP contribution in [-0.2, 0) is 14.6 Å². The van der Waals surface area contributed by atoms with E-state index in [2.05, 4.69) is 9.73 Å². The average molecular weight is 162 g/mol. The number of hydrogen-bond acceptors (Lipinski definition) is 5. The van der Waals surface area contributed by atoms with E-state index in [-0.39, 0.29) is 10.3 Å². The van der Waals surface area contributed by atoms with E-state index in [0.717, 1.165) is 6.20 Å². The van der Waals surface area contributed by atoms with Crippen LogP contribution in [0.5, 0.6) is 0 Å². The maximum absolute atomic E-state index is 10.9. The maximum Gasteiger partial charge on any atom is 0.316 e. The standard InChI is InChI=1S/C4H6N2O3S/c1-9-4-6-2-3(5)10(4,7)8/h2H,5H2,1H3. The zero-order valence-corrected chi connectivity index (χ0v) is 6.05. The van der Waals surface area contributed by atoms with Gasteiger partial charge in [0.1, 0.15) is 0 Å². The first-order valence-corrected chi connectivity index (χ1v) is 3.90. The summed E-state index contributed by atoms with van der Waals surface area (Å²) in [6.07, 6.45) is 1.05. The van der Waals surface area contributed by atoms with Crippen LogP contribution >= 0.6 is 0 Å². The van der Waals surface area contributed by atoms with E-state index in [0.29, 0.717) is 0 Å². The van der Waals surface area contributed by atoms with Gasteiger partial charge in [0, 0.05) is 0 Å². The van der Waals surface area contributed by atoms with Gasteiger partial charge in [-0.25, -0.2) is 13.4 Å². The van der Waals surface area contributed by atoms with Crippen molar-refractivity contribution in [1.29, 1.82) is 0 Å². The summed E-state index contributed by atoms with van der Waals surface area (Å²) >= 11 is 0. The van der Waals surface area contributed by atoms with Crippen LogP contribution in [0.4, 0.5) is 0 Å². The highest BCUT2D eigenvalue weighted by molar-refractivity contribution is 8.09. The van der Waals surface area contributed by atoms with Gasteiger partial charge in [-0.3, -0.25) is 0 Å². The molecule has 0 spiro atoms. The third-order valence-electron chi connectivity index (χ3n) is 1.01. The lowest BCUT2D eigenvalue weighted by atomic mass is 10.9. The Morgan fingerprint density at radius 3 is 2.50 bits per heavy atom. The molecule has 0 amide bonds. The van der Waals surface area contributed by atoms with Crippen molar-refractivity contribution < 1.29 is 13.2 Å². The molecule has 1 aliphatic rings. The molecule has 10 heavy (non-hydrogen) atoms. The summed E-state index contributed by atoms with van der Waals surface area (Å²) < 4.78 is 26.2. The van der Waals surface area contributed by atoms with Crippen molar-refractivity contribution in [2.24, 2.45) is 10.7 Å². The van der Waals surface area contributed by atoms with Crippen LogP contribution in [0.25, 0.3) is 0 Å². The van der Waals surface area contributed by atoms with E-state index >= 15 is 0 Å². The Balaban J connectivity index is 3.14. The van der Waals surface area contributed by atoms with Gasteiger partial charge in [0.05, 0.1) is 13.3 Å². The topological polar surface area (TPSA) is 81.8 Å². The lowest BCUT2D eigenvalue weighted by molar-refractivity contribution is 0.411. The minimum Gasteiger partial charge on any atom is -0.472 e. The van der Waals surface area contributed by atoms with Crippen LogP contribution in [0.1, 0.15) is 0 Å². The molecule has 5 nitrogen and oxygen atoms in total. The second-order valence-corrected chi connectivity index (χ2v) is 3.46. The normalized spacial score (nSPS) is 21.7. The largest absolute Gasteiger partial charge is 0.472 e. The minimum absolute atomic E-state index is 0.274. The highest BCUT2D eigenvalue weighted by atomic mass is 32.2. The van der Waals surface area contributed by atoms with Crippen molar-refractivity contribution >= 4 is 15.1 Å². The molecule has 0 aromatic heterocycles. The van der Waals surface area contributed by atoms with Gasteiger partial charge in [-0.2, -0.15) is 0 Å². The van der Waals surface area contributed by atoms with E-state index in [1.165, 1.54) is 7.11 Å². The molecule has 0 radical (unpaired) electrons. The minimum atomic E-state index is -3.55. The van der Waals surface area contributed by atoms with Gasteiger partial charge in [-0.05, 0) is 0 Å². The lowest BCUT2D eigenvalue weighted by Gasteiger charge is -1.97. The molecule has 0 bridgehead atoms. The van der Waals surface area contributed by atoms with Gasteiger partial charge in [-0.1, -0.05) is 0 Å². The Morgan fingerprint density at radius 2 is 2.30 bits per heavy atom. The summed E-state index contributed by atoms with van der Waals surface area (Å²) in [6.45, 7) is 0. The van der Waals surface area contributed by atoms with Crippen LogP contribution in [0.3, 0.4) is 0 Å². The van der Waals surface area contributed by atoms with Crippen molar-refractivity contribution in [3.63, 3.8) is 0 Å². The summed E-state index contributed by atoms with van der Waals surface area (Å²) in [5.74, 6) is 0. The third-order valence-corrected chi connectivity index (χ3v) is 2.47. The molecule has 0 saturated carbocycles. The fourth-order valence-corrected chi connectivity index (χ4v) is 1.32. The molecule has 1 heterocycles. The number of nitrogens with two attached hydrogens (primary N) is 1. The lowest BCUT2D eigenvalue weighted by Crippen LogP contribution is -2.18. The van der Waals surface area contributed by atoms with E-state index in [1.807, 2.05) is 0 Å². The van der Waals surface area contributed by atoms with Crippen molar-refractivity contribution in [3.05, 3.63) is 11.2 Å². The van der Waals surface area contributed by atoms with Crippen LogP contribution in [-0.4, -0.2) is 20.8 Å².